The molecule has 2 aromatic rings. The topological polar surface area (TPSA) is 188 Å². The van der Waals surface area contributed by atoms with Crippen molar-refractivity contribution in [3.8, 4) is 0 Å². The van der Waals surface area contributed by atoms with E-state index in [0.29, 0.717) is 6.42 Å². The number of aliphatic hydroxyl groups excluding tert-OH is 1. The molecule has 1 fully saturated rings. The van der Waals surface area contributed by atoms with Gasteiger partial charge in [-0.15, -0.1) is 0 Å². The summed E-state index contributed by atoms with van der Waals surface area (Å²) in [5.41, 5.74) is 5.39. The number of hydrogen-bond acceptors (Lipinski definition) is 7. The largest absolute Gasteiger partial charge is 0.394 e. The second-order valence-electron chi connectivity index (χ2n) is 5.87. The lowest BCUT2D eigenvalue weighted by Crippen LogP contribution is -2.39. The summed E-state index contributed by atoms with van der Waals surface area (Å²) in [6, 6.07) is -0.961. The Morgan fingerprint density at radius 1 is 1.48 bits per heavy atom. The maximum absolute atomic E-state index is 12.1. The first-order valence-corrected chi connectivity index (χ1v) is 9.16. The van der Waals surface area contributed by atoms with Crippen LogP contribution in [-0.2, 0) is 9.36 Å². The summed E-state index contributed by atoms with van der Waals surface area (Å²) in [4.78, 5) is 53.5. The van der Waals surface area contributed by atoms with Gasteiger partial charge in [0.15, 0.2) is 11.2 Å². The van der Waals surface area contributed by atoms with Crippen molar-refractivity contribution in [1.82, 2.24) is 24.4 Å². The fourth-order valence-corrected chi connectivity index (χ4v) is 3.58. The van der Waals surface area contributed by atoms with Crippen LogP contribution in [0, 0.1) is 0 Å². The van der Waals surface area contributed by atoms with E-state index in [0.717, 1.165) is 0 Å². The zero-order valence-electron chi connectivity index (χ0n) is 12.9. The second kappa shape index (κ2) is 6.23. The normalized spacial score (nSPS) is 21.2. The van der Waals surface area contributed by atoms with E-state index in [1.54, 1.807) is 4.57 Å². The Hall–Kier alpha value is -2.27. The molecule has 0 saturated carbocycles. The Morgan fingerprint density at radius 3 is 2.84 bits per heavy atom. The van der Waals surface area contributed by atoms with E-state index < -0.39 is 31.3 Å². The SMILES string of the molecule is Nc1nc2c(ncn2C2C[C@H](CO)N(C(=O)CP(=O)(O)O)C2)c(=O)[nH]1. The molecule has 13 heteroatoms. The number of imidazole rings is 1. The molecule has 3 rings (SSSR count). The third-order valence-corrected chi connectivity index (χ3v) is 4.79. The molecule has 25 heavy (non-hydrogen) atoms. The van der Waals surface area contributed by atoms with E-state index in [1.165, 1.54) is 11.2 Å². The monoisotopic (exact) mass is 372 g/mol. The lowest BCUT2D eigenvalue weighted by Gasteiger charge is -2.23. The molecule has 3 heterocycles. The Labute approximate surface area is 140 Å². The molecule has 1 unspecified atom stereocenters. The minimum absolute atomic E-state index is 0.0783. The number of rotatable bonds is 4. The van der Waals surface area contributed by atoms with Crippen LogP contribution in [0.4, 0.5) is 5.95 Å². The summed E-state index contributed by atoms with van der Waals surface area (Å²) in [7, 11) is -4.51. The van der Waals surface area contributed by atoms with Gasteiger partial charge in [0.2, 0.25) is 11.9 Å². The average molecular weight is 372 g/mol. The summed E-state index contributed by atoms with van der Waals surface area (Å²) in [5.74, 6) is -0.824. The van der Waals surface area contributed by atoms with Crippen molar-refractivity contribution in [2.45, 2.75) is 18.5 Å². The number of amides is 1. The lowest BCUT2D eigenvalue weighted by molar-refractivity contribution is -0.130. The third kappa shape index (κ3) is 3.42. The van der Waals surface area contributed by atoms with E-state index in [9.17, 15) is 19.3 Å². The highest BCUT2D eigenvalue weighted by molar-refractivity contribution is 7.52. The number of nitrogens with one attached hydrogen (secondary N) is 1. The molecule has 0 aliphatic carbocycles. The van der Waals surface area contributed by atoms with Gasteiger partial charge in [-0.25, -0.2) is 4.98 Å². The van der Waals surface area contributed by atoms with Crippen LogP contribution in [0.3, 0.4) is 0 Å². The summed E-state index contributed by atoms with van der Waals surface area (Å²) in [5, 5.41) is 9.50. The molecular weight excluding hydrogens is 355 g/mol. The smallest absolute Gasteiger partial charge is 0.334 e. The lowest BCUT2D eigenvalue weighted by atomic mass is 10.2. The van der Waals surface area contributed by atoms with E-state index in [4.69, 9.17) is 15.5 Å². The summed E-state index contributed by atoms with van der Waals surface area (Å²) in [6.45, 7) is -0.254. The van der Waals surface area contributed by atoms with Crippen molar-refractivity contribution in [3.63, 3.8) is 0 Å². The van der Waals surface area contributed by atoms with Crippen molar-refractivity contribution < 1.29 is 24.3 Å². The van der Waals surface area contributed by atoms with Crippen molar-refractivity contribution in [1.29, 1.82) is 0 Å². The van der Waals surface area contributed by atoms with Gasteiger partial charge in [0.25, 0.3) is 5.56 Å². The first-order valence-electron chi connectivity index (χ1n) is 7.37. The number of carbonyl (C=O) groups is 1. The van der Waals surface area contributed by atoms with Gasteiger partial charge in [0, 0.05) is 6.54 Å². The molecule has 2 aromatic heterocycles. The van der Waals surface area contributed by atoms with E-state index in [1.807, 2.05) is 0 Å². The standard InChI is InChI=1S/C12H17N6O6P/c13-12-15-10-9(11(21)16-12)14-5-18(10)6-1-7(3-19)17(2-6)8(20)4-25(22,23)24/h5-7,19H,1-4H2,(H2,22,23,24)(H3,13,15,16,21)/t6?,7-/m1/s1. The number of likely N-dealkylation sites (tertiary alicyclic amines) is 1. The molecule has 0 bridgehead atoms. The number of aliphatic hydroxyl groups is 1. The Balaban J connectivity index is 1.91. The highest BCUT2D eigenvalue weighted by atomic mass is 31.2. The van der Waals surface area contributed by atoms with Gasteiger partial charge in [-0.3, -0.25) is 19.1 Å². The highest BCUT2D eigenvalue weighted by Crippen LogP contribution is 2.36. The van der Waals surface area contributed by atoms with Crippen molar-refractivity contribution in [3.05, 3.63) is 16.7 Å². The molecule has 6 N–H and O–H groups in total. The van der Waals surface area contributed by atoms with Crippen molar-refractivity contribution >= 4 is 30.6 Å². The number of anilines is 1. The van der Waals surface area contributed by atoms with Gasteiger partial charge in [-0.2, -0.15) is 4.98 Å². The van der Waals surface area contributed by atoms with Crippen LogP contribution in [-0.4, -0.2) is 70.6 Å². The van der Waals surface area contributed by atoms with Crippen molar-refractivity contribution in [2.75, 3.05) is 25.0 Å². The number of nitrogens with two attached hydrogens (primary N) is 1. The van der Waals surface area contributed by atoms with Gasteiger partial charge in [0.05, 0.1) is 25.0 Å². The number of H-pyrrole nitrogens is 1. The molecule has 0 aromatic carbocycles. The number of aromatic amines is 1. The van der Waals surface area contributed by atoms with Crippen LogP contribution in [0.25, 0.3) is 11.2 Å². The third-order valence-electron chi connectivity index (χ3n) is 4.11. The number of nitrogen functional groups attached to an aromatic ring is 1. The summed E-state index contributed by atoms with van der Waals surface area (Å²) >= 11 is 0. The molecule has 2 atom stereocenters. The zero-order valence-corrected chi connectivity index (χ0v) is 13.8. The molecule has 1 saturated heterocycles. The maximum Gasteiger partial charge on any atom is 0.334 e. The van der Waals surface area contributed by atoms with Crippen LogP contribution in [0.2, 0.25) is 0 Å². The Kier molecular flexibility index (Phi) is 4.37. The molecule has 0 spiro atoms. The molecule has 1 aliphatic heterocycles. The molecule has 1 aliphatic rings. The van der Waals surface area contributed by atoms with Gasteiger partial charge in [-0.05, 0) is 6.42 Å². The first-order chi connectivity index (χ1) is 11.7. The first kappa shape index (κ1) is 17.5. The van der Waals surface area contributed by atoms with Gasteiger partial charge < -0.3 is 30.1 Å². The van der Waals surface area contributed by atoms with E-state index in [2.05, 4.69) is 15.0 Å². The van der Waals surface area contributed by atoms with Gasteiger partial charge in [-0.1, -0.05) is 0 Å². The summed E-state index contributed by atoms with van der Waals surface area (Å²) < 4.78 is 12.6. The predicted molar refractivity (Wildman–Crippen MR) is 85.7 cm³/mol. The number of nitrogens with zero attached hydrogens (tertiary/aromatic N) is 4. The van der Waals surface area contributed by atoms with Crippen LogP contribution in [0.15, 0.2) is 11.1 Å². The highest BCUT2D eigenvalue weighted by Gasteiger charge is 2.38. The fraction of sp³-hybridized carbons (Fsp3) is 0.500. The maximum atomic E-state index is 12.1. The number of hydrogen-bond donors (Lipinski definition) is 5. The Morgan fingerprint density at radius 2 is 2.20 bits per heavy atom. The predicted octanol–water partition coefficient (Wildman–Crippen LogP) is -1.99. The summed E-state index contributed by atoms with van der Waals surface area (Å²) in [6.07, 6.45) is 0.789. The minimum Gasteiger partial charge on any atom is -0.394 e. The minimum atomic E-state index is -4.51. The zero-order chi connectivity index (χ0) is 18.4. The molecule has 12 nitrogen and oxygen atoms in total. The molecule has 136 valence electrons. The second-order valence-corrected chi connectivity index (χ2v) is 7.52. The van der Waals surface area contributed by atoms with Crippen LogP contribution >= 0.6 is 7.60 Å². The molecular formula is C12H17N6O6P. The number of aromatic nitrogens is 4. The quantitative estimate of drug-likeness (QED) is 0.379. The fourth-order valence-electron chi connectivity index (χ4n) is 3.05. The van der Waals surface area contributed by atoms with E-state index >= 15 is 0 Å². The number of fused-ring (bicyclic) bond motifs is 1. The van der Waals surface area contributed by atoms with Crippen LogP contribution in [0.1, 0.15) is 12.5 Å². The van der Waals surface area contributed by atoms with Crippen molar-refractivity contribution in [2.24, 2.45) is 0 Å². The Bertz CT molecular complexity index is 918. The molecule has 0 radical (unpaired) electrons. The average Bonchev–Trinajstić information content (AvgIpc) is 3.08. The van der Waals surface area contributed by atoms with Gasteiger partial charge in [0.1, 0.15) is 6.16 Å². The van der Waals surface area contributed by atoms with Gasteiger partial charge >= 0.3 is 7.60 Å². The van der Waals surface area contributed by atoms with Crippen LogP contribution in [0.5, 0.6) is 0 Å². The van der Waals surface area contributed by atoms with Crippen LogP contribution < -0.4 is 11.3 Å². The molecule has 1 amide bonds. The number of carbonyl (C=O) groups excluding carboxylic acids is 1. The van der Waals surface area contributed by atoms with E-state index in [-0.39, 0.29) is 36.3 Å².